The first-order chi connectivity index (χ1) is 11.5. The first-order valence-corrected chi connectivity index (χ1v) is 8.66. The van der Waals surface area contributed by atoms with Gasteiger partial charge in [-0.2, -0.15) is 5.06 Å². The van der Waals surface area contributed by atoms with E-state index in [9.17, 15) is 32.7 Å². The first kappa shape index (κ1) is 19.0. The summed E-state index contributed by atoms with van der Waals surface area (Å²) in [5.41, 5.74) is 3.07. The molecular formula is C11H16N4O9S. The molecule has 2 rings (SSSR count). The topological polar surface area (TPSA) is 208 Å². The molecule has 0 aromatic carbocycles. The molecule has 0 radical (unpaired) electrons. The molecule has 140 valence electrons. The average molecular weight is 380 g/mol. The van der Waals surface area contributed by atoms with Crippen LogP contribution in [0.2, 0.25) is 0 Å². The van der Waals surface area contributed by atoms with Gasteiger partial charge in [0.15, 0.2) is 0 Å². The number of rotatable bonds is 6. The van der Waals surface area contributed by atoms with Crippen LogP contribution < -0.4 is 16.2 Å². The molecular weight excluding hydrogens is 364 g/mol. The smallest absolute Gasteiger partial charge is 0.372 e. The summed E-state index contributed by atoms with van der Waals surface area (Å²) in [5, 5.41) is 16.6. The zero-order chi connectivity index (χ0) is 19.0. The zero-order valence-electron chi connectivity index (χ0n) is 12.7. The Balaban J connectivity index is 2.07. The van der Waals surface area contributed by atoms with Crippen LogP contribution in [0.5, 0.6) is 0 Å². The molecule has 6 N–H and O–H groups in total. The van der Waals surface area contributed by atoms with Crippen molar-refractivity contribution in [2.24, 2.45) is 10.9 Å². The quantitative estimate of drug-likeness (QED) is 0.328. The van der Waals surface area contributed by atoms with Gasteiger partial charge in [0.2, 0.25) is 15.9 Å². The standard InChI is InChI=1S/C11H16N4O9S/c12-5(4-25(13,21)22)8(17)14-6-3-23-15(9(6)18)11(10(19)20)2-1-7(16)24-11/h5-6H,1-4,12H2,(H,14,17)(H,19,20)(H2,13,21,22). The number of carboxylic acid groups (broad SMARTS) is 1. The Hall–Kier alpha value is -2.29. The van der Waals surface area contributed by atoms with Crippen molar-refractivity contribution >= 4 is 33.8 Å². The van der Waals surface area contributed by atoms with E-state index in [2.05, 4.69) is 5.32 Å². The highest BCUT2D eigenvalue weighted by Gasteiger charge is 2.59. The fraction of sp³-hybridized carbons (Fsp3) is 0.636. The molecule has 2 saturated heterocycles. The molecule has 25 heavy (non-hydrogen) atoms. The molecule has 0 aromatic heterocycles. The SMILES string of the molecule is NC(CS(N)(=O)=O)C(=O)NC1CON(C2(C(=O)O)CCC(=O)O2)C1=O. The van der Waals surface area contributed by atoms with E-state index in [4.69, 9.17) is 20.4 Å². The van der Waals surface area contributed by atoms with Crippen LogP contribution in [0.25, 0.3) is 0 Å². The van der Waals surface area contributed by atoms with Gasteiger partial charge in [0.1, 0.15) is 12.6 Å². The number of carboxylic acids is 1. The second kappa shape index (κ2) is 6.55. The van der Waals surface area contributed by atoms with Crippen molar-refractivity contribution in [3.05, 3.63) is 0 Å². The van der Waals surface area contributed by atoms with Crippen molar-refractivity contribution in [3.8, 4) is 0 Å². The van der Waals surface area contributed by atoms with Crippen molar-refractivity contribution in [2.45, 2.75) is 30.7 Å². The Kier molecular flexibility index (Phi) is 4.99. The van der Waals surface area contributed by atoms with Gasteiger partial charge in [-0.15, -0.1) is 0 Å². The van der Waals surface area contributed by atoms with Crippen LogP contribution in [0.15, 0.2) is 0 Å². The van der Waals surface area contributed by atoms with Crippen LogP contribution in [-0.4, -0.2) is 72.5 Å². The van der Waals surface area contributed by atoms with E-state index >= 15 is 0 Å². The molecule has 0 saturated carbocycles. The minimum absolute atomic E-state index is 0.226. The minimum atomic E-state index is -4.01. The maximum Gasteiger partial charge on any atom is 0.372 e. The van der Waals surface area contributed by atoms with Crippen LogP contribution in [-0.2, 0) is 38.8 Å². The van der Waals surface area contributed by atoms with Gasteiger partial charge < -0.3 is 20.9 Å². The van der Waals surface area contributed by atoms with E-state index in [1.54, 1.807) is 0 Å². The highest BCUT2D eigenvalue weighted by molar-refractivity contribution is 7.89. The number of ether oxygens (including phenoxy) is 1. The maximum atomic E-state index is 12.3. The van der Waals surface area contributed by atoms with Crippen LogP contribution >= 0.6 is 0 Å². The van der Waals surface area contributed by atoms with E-state index in [-0.39, 0.29) is 12.8 Å². The molecule has 2 aliphatic rings. The van der Waals surface area contributed by atoms with Gasteiger partial charge in [-0.3, -0.25) is 19.2 Å². The predicted molar refractivity (Wildman–Crippen MR) is 76.4 cm³/mol. The van der Waals surface area contributed by atoms with Crippen LogP contribution in [0.3, 0.4) is 0 Å². The molecule has 3 atom stereocenters. The summed E-state index contributed by atoms with van der Waals surface area (Å²) >= 11 is 0. The van der Waals surface area contributed by atoms with Gasteiger partial charge in [-0.05, 0) is 0 Å². The van der Waals surface area contributed by atoms with Gasteiger partial charge in [-0.25, -0.2) is 18.4 Å². The molecule has 2 amide bonds. The number of aliphatic carboxylic acids is 1. The van der Waals surface area contributed by atoms with Crippen molar-refractivity contribution in [2.75, 3.05) is 12.4 Å². The third kappa shape index (κ3) is 3.87. The van der Waals surface area contributed by atoms with Crippen molar-refractivity contribution in [1.82, 2.24) is 10.4 Å². The molecule has 14 heteroatoms. The third-order valence-electron chi connectivity index (χ3n) is 3.55. The third-order valence-corrected chi connectivity index (χ3v) is 4.37. The number of hydrogen-bond donors (Lipinski definition) is 4. The lowest BCUT2D eigenvalue weighted by molar-refractivity contribution is -0.256. The van der Waals surface area contributed by atoms with E-state index in [0.717, 1.165) is 0 Å². The number of nitrogens with zero attached hydrogens (tertiary/aromatic N) is 1. The van der Waals surface area contributed by atoms with Crippen LogP contribution in [0.4, 0.5) is 0 Å². The number of esters is 1. The Bertz CT molecular complexity index is 723. The van der Waals surface area contributed by atoms with Gasteiger partial charge >= 0.3 is 17.7 Å². The maximum absolute atomic E-state index is 12.3. The van der Waals surface area contributed by atoms with Gasteiger partial charge in [0, 0.05) is 6.42 Å². The summed E-state index contributed by atoms with van der Waals surface area (Å²) in [6, 6.07) is -2.86. The lowest BCUT2D eigenvalue weighted by Gasteiger charge is -2.30. The van der Waals surface area contributed by atoms with Crippen LogP contribution in [0, 0.1) is 0 Å². The Morgan fingerprint density at radius 2 is 2.08 bits per heavy atom. The molecule has 0 aromatic rings. The number of cyclic esters (lactones) is 1. The Morgan fingerprint density at radius 1 is 1.44 bits per heavy atom. The largest absolute Gasteiger partial charge is 0.477 e. The highest BCUT2D eigenvalue weighted by Crippen LogP contribution is 2.33. The zero-order valence-corrected chi connectivity index (χ0v) is 13.5. The second-order valence-electron chi connectivity index (χ2n) is 5.49. The van der Waals surface area contributed by atoms with E-state index in [1.807, 2.05) is 0 Å². The molecule has 3 unspecified atom stereocenters. The number of hydrogen-bond acceptors (Lipinski definition) is 9. The fourth-order valence-electron chi connectivity index (χ4n) is 2.36. The summed E-state index contributed by atoms with van der Waals surface area (Å²) in [7, 11) is -4.01. The van der Waals surface area contributed by atoms with Gasteiger partial charge in [0.05, 0.1) is 18.2 Å². The molecule has 0 spiro atoms. The van der Waals surface area contributed by atoms with E-state index in [1.165, 1.54) is 0 Å². The normalized spacial score (nSPS) is 27.9. The van der Waals surface area contributed by atoms with Crippen molar-refractivity contribution in [3.63, 3.8) is 0 Å². The first-order valence-electron chi connectivity index (χ1n) is 6.95. The molecule has 2 fully saturated rings. The number of hydroxylamine groups is 2. The fourth-order valence-corrected chi connectivity index (χ4v) is 3.01. The molecule has 13 nitrogen and oxygen atoms in total. The van der Waals surface area contributed by atoms with Gasteiger partial charge in [0.25, 0.3) is 5.91 Å². The molecule has 2 heterocycles. The Labute approximate surface area is 141 Å². The second-order valence-corrected chi connectivity index (χ2v) is 7.15. The summed E-state index contributed by atoms with van der Waals surface area (Å²) in [4.78, 5) is 51.8. The number of carbonyl (C=O) groups excluding carboxylic acids is 3. The molecule has 0 bridgehead atoms. The Morgan fingerprint density at radius 3 is 2.56 bits per heavy atom. The summed E-state index contributed by atoms with van der Waals surface area (Å²) in [6.07, 6.45) is -0.547. The highest BCUT2D eigenvalue weighted by atomic mass is 32.2. The predicted octanol–water partition coefficient (Wildman–Crippen LogP) is -4.02. The lowest BCUT2D eigenvalue weighted by atomic mass is 10.1. The monoisotopic (exact) mass is 380 g/mol. The molecule has 2 aliphatic heterocycles. The van der Waals surface area contributed by atoms with E-state index < -0.39 is 63.9 Å². The summed E-state index contributed by atoms with van der Waals surface area (Å²) < 4.78 is 26.6. The number of amides is 2. The van der Waals surface area contributed by atoms with Crippen LogP contribution in [0.1, 0.15) is 12.8 Å². The number of sulfonamides is 1. The minimum Gasteiger partial charge on any atom is -0.477 e. The number of nitrogens with two attached hydrogens (primary N) is 2. The average Bonchev–Trinajstić information content (AvgIpc) is 3.02. The van der Waals surface area contributed by atoms with Crippen molar-refractivity contribution < 1.29 is 42.3 Å². The summed E-state index contributed by atoms with van der Waals surface area (Å²) in [6.45, 7) is -0.445. The summed E-state index contributed by atoms with van der Waals surface area (Å²) in [5.74, 6) is -5.24. The number of primary sulfonamides is 1. The number of carbonyl (C=O) groups is 4. The van der Waals surface area contributed by atoms with Gasteiger partial charge in [-0.1, -0.05) is 0 Å². The molecule has 0 aliphatic carbocycles. The number of nitrogens with one attached hydrogen (secondary N) is 1. The van der Waals surface area contributed by atoms with E-state index in [0.29, 0.717) is 5.06 Å². The lowest BCUT2D eigenvalue weighted by Crippen LogP contribution is -2.57. The van der Waals surface area contributed by atoms with Crippen molar-refractivity contribution in [1.29, 1.82) is 0 Å².